The third-order valence-corrected chi connectivity index (χ3v) is 5.70. The van der Waals surface area contributed by atoms with Gasteiger partial charge in [-0.05, 0) is 58.8 Å². The number of amides is 4. The van der Waals surface area contributed by atoms with Crippen LogP contribution in [0.2, 0.25) is 0 Å². The summed E-state index contributed by atoms with van der Waals surface area (Å²) < 4.78 is 10.5. The Bertz CT molecular complexity index is 610. The zero-order chi connectivity index (χ0) is 23.6. The van der Waals surface area contributed by atoms with Crippen LogP contribution in [0.15, 0.2) is 0 Å². The molecule has 0 aromatic carbocycles. The number of nitrogens with zero attached hydrogens (tertiary/aromatic N) is 2. The van der Waals surface area contributed by atoms with Crippen molar-refractivity contribution in [3.8, 4) is 0 Å². The molecule has 0 aromatic rings. The first-order valence-corrected chi connectivity index (χ1v) is 11.8. The van der Waals surface area contributed by atoms with Crippen LogP contribution >= 0.6 is 0 Å². The molecule has 0 radical (unpaired) electrons. The van der Waals surface area contributed by atoms with E-state index in [0.29, 0.717) is 64.5 Å². The first kappa shape index (κ1) is 26.2. The fraction of sp³-hybridized carbons (Fsp3) is 0.864. The van der Waals surface area contributed by atoms with E-state index in [1.54, 1.807) is 9.80 Å². The summed E-state index contributed by atoms with van der Waals surface area (Å²) >= 11 is 0. The van der Waals surface area contributed by atoms with Crippen molar-refractivity contribution in [2.75, 3.05) is 52.5 Å². The lowest BCUT2D eigenvalue weighted by atomic mass is 10.0. The third-order valence-electron chi connectivity index (χ3n) is 5.70. The minimum Gasteiger partial charge on any atom is -0.450 e. The number of alkyl carbamates (subject to hydrolysis) is 1. The highest BCUT2D eigenvalue weighted by Crippen LogP contribution is 2.14. The van der Waals surface area contributed by atoms with E-state index in [9.17, 15) is 14.4 Å². The number of rotatable bonds is 8. The van der Waals surface area contributed by atoms with Crippen LogP contribution in [-0.2, 0) is 14.3 Å². The summed E-state index contributed by atoms with van der Waals surface area (Å²) in [4.78, 5) is 40.1. The number of piperazine rings is 1. The van der Waals surface area contributed by atoms with E-state index >= 15 is 0 Å². The average molecular weight is 456 g/mol. The van der Waals surface area contributed by atoms with Gasteiger partial charge >= 0.3 is 12.1 Å². The molecule has 0 saturated carbocycles. The van der Waals surface area contributed by atoms with Crippen LogP contribution in [0.1, 0.15) is 52.9 Å². The van der Waals surface area contributed by atoms with Gasteiger partial charge in [-0.2, -0.15) is 0 Å². The van der Waals surface area contributed by atoms with Crippen LogP contribution < -0.4 is 16.4 Å². The van der Waals surface area contributed by atoms with Gasteiger partial charge in [-0.15, -0.1) is 0 Å². The molecule has 1 atom stereocenters. The standard InChI is InChI=1S/C22H41N5O5/c1-22(2,3)25-21(30)32-13-5-4-6-18(23)19(28)26-9-11-27(12-10-26)20(29)24-16-17-7-14-31-15-8-17/h17-18H,4-16,23H2,1-3H3,(H,24,29)(H,25,30)/t18-/m1/s1. The van der Waals surface area contributed by atoms with Crippen molar-refractivity contribution >= 4 is 18.0 Å². The number of nitrogens with one attached hydrogen (secondary N) is 2. The van der Waals surface area contributed by atoms with E-state index in [1.807, 2.05) is 20.8 Å². The minimum absolute atomic E-state index is 0.0663. The molecule has 10 heteroatoms. The number of hydrogen-bond donors (Lipinski definition) is 3. The predicted molar refractivity (Wildman–Crippen MR) is 121 cm³/mol. The summed E-state index contributed by atoms with van der Waals surface area (Å²) in [5, 5.41) is 5.74. The summed E-state index contributed by atoms with van der Waals surface area (Å²) in [5.41, 5.74) is 5.75. The second-order valence-electron chi connectivity index (χ2n) is 9.67. The largest absolute Gasteiger partial charge is 0.450 e. The number of urea groups is 1. The normalized spacial score (nSPS) is 18.8. The fourth-order valence-electron chi connectivity index (χ4n) is 3.76. The Labute approximate surface area is 191 Å². The smallest absolute Gasteiger partial charge is 0.407 e. The summed E-state index contributed by atoms with van der Waals surface area (Å²) in [5.74, 6) is 0.394. The number of ether oxygens (including phenoxy) is 2. The van der Waals surface area contributed by atoms with Crippen molar-refractivity contribution in [1.82, 2.24) is 20.4 Å². The predicted octanol–water partition coefficient (Wildman–Crippen LogP) is 1.29. The topological polar surface area (TPSA) is 126 Å². The Kier molecular flexibility index (Phi) is 10.5. The van der Waals surface area contributed by atoms with E-state index in [2.05, 4.69) is 10.6 Å². The first-order chi connectivity index (χ1) is 15.2. The van der Waals surface area contributed by atoms with E-state index in [-0.39, 0.29) is 17.5 Å². The number of nitrogens with two attached hydrogens (primary N) is 1. The van der Waals surface area contributed by atoms with Crippen molar-refractivity contribution in [1.29, 1.82) is 0 Å². The van der Waals surface area contributed by atoms with Gasteiger partial charge < -0.3 is 35.6 Å². The van der Waals surface area contributed by atoms with Gasteiger partial charge in [0.2, 0.25) is 5.91 Å². The monoisotopic (exact) mass is 455 g/mol. The van der Waals surface area contributed by atoms with Crippen LogP contribution in [-0.4, -0.2) is 92.0 Å². The van der Waals surface area contributed by atoms with Crippen molar-refractivity contribution in [3.05, 3.63) is 0 Å². The van der Waals surface area contributed by atoms with Gasteiger partial charge in [0.25, 0.3) is 0 Å². The Balaban J connectivity index is 1.57. The molecule has 0 spiro atoms. The molecule has 32 heavy (non-hydrogen) atoms. The summed E-state index contributed by atoms with van der Waals surface area (Å²) in [7, 11) is 0. The Morgan fingerprint density at radius 3 is 2.31 bits per heavy atom. The summed E-state index contributed by atoms with van der Waals surface area (Å²) in [6.07, 6.45) is 3.42. The van der Waals surface area contributed by atoms with Gasteiger partial charge in [-0.1, -0.05) is 0 Å². The fourth-order valence-corrected chi connectivity index (χ4v) is 3.76. The maximum absolute atomic E-state index is 12.6. The molecule has 2 aliphatic heterocycles. The Morgan fingerprint density at radius 2 is 1.69 bits per heavy atom. The van der Waals surface area contributed by atoms with Gasteiger partial charge in [-0.3, -0.25) is 4.79 Å². The Hall–Kier alpha value is -2.07. The zero-order valence-electron chi connectivity index (χ0n) is 19.9. The average Bonchev–Trinajstić information content (AvgIpc) is 2.76. The van der Waals surface area contributed by atoms with E-state index < -0.39 is 12.1 Å². The molecule has 2 fully saturated rings. The molecular weight excluding hydrogens is 414 g/mol. The molecule has 10 nitrogen and oxygen atoms in total. The van der Waals surface area contributed by atoms with Crippen LogP contribution in [0.4, 0.5) is 9.59 Å². The van der Waals surface area contributed by atoms with Gasteiger partial charge in [0, 0.05) is 51.5 Å². The van der Waals surface area contributed by atoms with E-state index in [4.69, 9.17) is 15.2 Å². The molecule has 184 valence electrons. The summed E-state index contributed by atoms with van der Waals surface area (Å²) in [6, 6.07) is -0.643. The molecule has 4 N–H and O–H groups in total. The highest BCUT2D eigenvalue weighted by molar-refractivity contribution is 5.82. The van der Waals surface area contributed by atoms with Crippen molar-refractivity contribution < 1.29 is 23.9 Å². The minimum atomic E-state index is -0.577. The molecule has 4 amide bonds. The summed E-state index contributed by atoms with van der Waals surface area (Å²) in [6.45, 7) is 10.2. The van der Waals surface area contributed by atoms with Gasteiger partial charge in [-0.25, -0.2) is 9.59 Å². The SMILES string of the molecule is CC(C)(C)NC(=O)OCCCC[C@@H](N)C(=O)N1CCN(C(=O)NCC2CCOCC2)CC1. The number of unbranched alkanes of at least 4 members (excludes halogenated alkanes) is 1. The molecule has 0 unspecified atom stereocenters. The molecule has 0 aliphatic carbocycles. The number of carbonyl (C=O) groups is 3. The van der Waals surface area contributed by atoms with Crippen molar-refractivity contribution in [2.24, 2.45) is 11.7 Å². The lowest BCUT2D eigenvalue weighted by Gasteiger charge is -2.36. The van der Waals surface area contributed by atoms with E-state index in [0.717, 1.165) is 26.1 Å². The van der Waals surface area contributed by atoms with E-state index in [1.165, 1.54) is 0 Å². The molecule has 2 aliphatic rings. The van der Waals surface area contributed by atoms with Crippen LogP contribution in [0, 0.1) is 5.92 Å². The van der Waals surface area contributed by atoms with Crippen molar-refractivity contribution in [2.45, 2.75) is 64.5 Å². The molecule has 2 rings (SSSR count). The number of hydrogen-bond acceptors (Lipinski definition) is 6. The Morgan fingerprint density at radius 1 is 1.06 bits per heavy atom. The second kappa shape index (κ2) is 12.8. The highest BCUT2D eigenvalue weighted by atomic mass is 16.5. The quantitative estimate of drug-likeness (QED) is 0.474. The molecule has 2 heterocycles. The molecule has 0 aromatic heterocycles. The third kappa shape index (κ3) is 9.60. The van der Waals surface area contributed by atoms with Gasteiger partial charge in [0.1, 0.15) is 0 Å². The lowest BCUT2D eigenvalue weighted by Crippen LogP contribution is -2.56. The zero-order valence-corrected chi connectivity index (χ0v) is 19.9. The molecule has 2 saturated heterocycles. The number of carbonyl (C=O) groups excluding carboxylic acids is 3. The lowest BCUT2D eigenvalue weighted by molar-refractivity contribution is -0.134. The molecule has 0 bridgehead atoms. The maximum atomic E-state index is 12.6. The van der Waals surface area contributed by atoms with Gasteiger partial charge in [0.05, 0.1) is 12.6 Å². The van der Waals surface area contributed by atoms with Crippen LogP contribution in [0.25, 0.3) is 0 Å². The highest BCUT2D eigenvalue weighted by Gasteiger charge is 2.27. The molecular formula is C22H41N5O5. The second-order valence-corrected chi connectivity index (χ2v) is 9.67. The maximum Gasteiger partial charge on any atom is 0.407 e. The van der Waals surface area contributed by atoms with Crippen molar-refractivity contribution in [3.63, 3.8) is 0 Å². The first-order valence-electron chi connectivity index (χ1n) is 11.8. The van der Waals surface area contributed by atoms with Crippen LogP contribution in [0.3, 0.4) is 0 Å². The van der Waals surface area contributed by atoms with Gasteiger partial charge in [0.15, 0.2) is 0 Å². The van der Waals surface area contributed by atoms with Crippen LogP contribution in [0.5, 0.6) is 0 Å².